The first-order chi connectivity index (χ1) is 18.4. The predicted octanol–water partition coefficient (Wildman–Crippen LogP) is 7.28. The summed E-state index contributed by atoms with van der Waals surface area (Å²) in [5.74, 6) is -0.194. The normalized spacial score (nSPS) is 14.7. The van der Waals surface area contributed by atoms with Gasteiger partial charge in [-0.05, 0) is 72.4 Å². The van der Waals surface area contributed by atoms with Crippen molar-refractivity contribution in [3.8, 4) is 11.1 Å². The van der Waals surface area contributed by atoms with E-state index < -0.39 is 5.97 Å². The Morgan fingerprint density at radius 3 is 2.11 bits per heavy atom. The number of hydrogen-bond acceptors (Lipinski definition) is 4. The minimum Gasteiger partial charge on any atom is -0.466 e. The fourth-order valence-corrected chi connectivity index (χ4v) is 5.15. The number of esters is 1. The second-order valence-corrected chi connectivity index (χ2v) is 10.2. The summed E-state index contributed by atoms with van der Waals surface area (Å²) in [6.45, 7) is 2.10. The number of hydrogen-bond donors (Lipinski definition) is 0. The molecule has 1 aliphatic carbocycles. The monoisotopic (exact) mass is 510 g/mol. The van der Waals surface area contributed by atoms with E-state index >= 15 is 0 Å². The fourth-order valence-electron chi connectivity index (χ4n) is 5.15. The number of carbonyl (C=O) groups excluding carboxylic acids is 2. The maximum absolute atomic E-state index is 13.9. The highest BCUT2D eigenvalue weighted by Gasteiger charge is 2.30. The lowest BCUT2D eigenvalue weighted by Crippen LogP contribution is -2.39. The van der Waals surface area contributed by atoms with Crippen molar-refractivity contribution in [1.29, 1.82) is 0 Å². The summed E-state index contributed by atoms with van der Waals surface area (Å²) in [7, 11) is 5.44. The van der Waals surface area contributed by atoms with Crippen LogP contribution in [0.2, 0.25) is 0 Å². The molecule has 0 radical (unpaired) electrons. The molecule has 0 N–H and O–H groups in total. The summed E-state index contributed by atoms with van der Waals surface area (Å²) in [5, 5.41) is 0. The van der Waals surface area contributed by atoms with E-state index in [9.17, 15) is 9.59 Å². The average Bonchev–Trinajstić information content (AvgIpc) is 2.96. The maximum Gasteiger partial charge on any atom is 0.330 e. The van der Waals surface area contributed by atoms with Gasteiger partial charge in [-0.25, -0.2) is 4.79 Å². The van der Waals surface area contributed by atoms with Gasteiger partial charge in [0.15, 0.2) is 0 Å². The van der Waals surface area contributed by atoms with Crippen molar-refractivity contribution in [2.75, 3.05) is 31.0 Å². The summed E-state index contributed by atoms with van der Waals surface area (Å²) >= 11 is 0. The molecule has 1 unspecified atom stereocenters. The first kappa shape index (κ1) is 27.2. The largest absolute Gasteiger partial charge is 0.466 e. The Bertz CT molecular complexity index is 1260. The molecule has 4 rings (SSSR count). The second-order valence-electron chi connectivity index (χ2n) is 10.2. The van der Waals surface area contributed by atoms with Crippen LogP contribution in [0.4, 0.5) is 11.4 Å². The molecule has 5 nitrogen and oxygen atoms in total. The van der Waals surface area contributed by atoms with Crippen LogP contribution in [0.15, 0.2) is 78.9 Å². The molecule has 0 bridgehead atoms. The van der Waals surface area contributed by atoms with E-state index in [2.05, 4.69) is 60.4 Å². The second kappa shape index (κ2) is 12.6. The van der Waals surface area contributed by atoms with Crippen molar-refractivity contribution in [2.45, 2.75) is 45.1 Å². The lowest BCUT2D eigenvalue weighted by atomic mass is 9.87. The minimum absolute atomic E-state index is 0.0370. The Morgan fingerprint density at radius 1 is 0.868 bits per heavy atom. The van der Waals surface area contributed by atoms with E-state index in [1.807, 2.05) is 43.3 Å². The Morgan fingerprint density at radius 2 is 1.50 bits per heavy atom. The molecule has 0 heterocycles. The number of amides is 1. The average molecular weight is 511 g/mol. The molecule has 38 heavy (non-hydrogen) atoms. The predicted molar refractivity (Wildman–Crippen MR) is 156 cm³/mol. The van der Waals surface area contributed by atoms with Crippen LogP contribution in [0.5, 0.6) is 0 Å². The van der Waals surface area contributed by atoms with Gasteiger partial charge in [0, 0.05) is 37.5 Å². The van der Waals surface area contributed by atoms with Gasteiger partial charge in [0.2, 0.25) is 5.91 Å². The molecule has 1 fully saturated rings. The number of nitrogens with zero attached hydrogens (tertiary/aromatic N) is 2. The van der Waals surface area contributed by atoms with Crippen LogP contribution in [-0.4, -0.2) is 33.1 Å². The molecular formula is C33H38N2O3. The van der Waals surface area contributed by atoms with Crippen molar-refractivity contribution >= 4 is 29.3 Å². The van der Waals surface area contributed by atoms with E-state index in [0.29, 0.717) is 0 Å². The van der Waals surface area contributed by atoms with E-state index in [4.69, 9.17) is 4.74 Å². The number of methoxy groups -OCH3 is 1. The van der Waals surface area contributed by atoms with Crippen LogP contribution in [0.25, 0.3) is 17.2 Å². The number of carbonyl (C=O) groups is 2. The smallest absolute Gasteiger partial charge is 0.330 e. The van der Waals surface area contributed by atoms with Gasteiger partial charge in [0.25, 0.3) is 0 Å². The van der Waals surface area contributed by atoms with Gasteiger partial charge in [-0.15, -0.1) is 0 Å². The summed E-state index contributed by atoms with van der Waals surface area (Å²) in [5.41, 5.74) is 6.24. The van der Waals surface area contributed by atoms with Crippen molar-refractivity contribution in [2.24, 2.45) is 5.92 Å². The quantitative estimate of drug-likeness (QED) is 0.236. The van der Waals surface area contributed by atoms with Gasteiger partial charge in [-0.3, -0.25) is 4.79 Å². The third-order valence-electron chi connectivity index (χ3n) is 7.45. The molecule has 198 valence electrons. The van der Waals surface area contributed by atoms with Crippen molar-refractivity contribution < 1.29 is 14.3 Å². The Balaban J connectivity index is 1.63. The summed E-state index contributed by atoms with van der Waals surface area (Å²) in [6, 6.07) is 24.7. The topological polar surface area (TPSA) is 49.9 Å². The van der Waals surface area contributed by atoms with Crippen molar-refractivity contribution in [3.05, 3.63) is 90.0 Å². The van der Waals surface area contributed by atoms with Gasteiger partial charge in [-0.2, -0.15) is 0 Å². The van der Waals surface area contributed by atoms with E-state index in [-0.39, 0.29) is 17.9 Å². The summed E-state index contributed by atoms with van der Waals surface area (Å²) in [6.07, 6.45) is 8.39. The van der Waals surface area contributed by atoms with Gasteiger partial charge in [0.05, 0.1) is 13.2 Å². The van der Waals surface area contributed by atoms with Crippen molar-refractivity contribution in [1.82, 2.24) is 0 Å². The van der Waals surface area contributed by atoms with Gasteiger partial charge in [0.1, 0.15) is 0 Å². The molecule has 1 atom stereocenters. The van der Waals surface area contributed by atoms with E-state index in [1.165, 1.54) is 25.3 Å². The molecule has 3 aromatic carbocycles. The highest BCUT2D eigenvalue weighted by molar-refractivity contribution is 5.96. The van der Waals surface area contributed by atoms with Gasteiger partial charge >= 0.3 is 5.97 Å². The van der Waals surface area contributed by atoms with Crippen LogP contribution < -0.4 is 9.80 Å². The van der Waals surface area contributed by atoms with Crippen LogP contribution in [0.3, 0.4) is 0 Å². The standard InChI is InChI=1S/C33H38N2O3/c1-24(26-14-16-27(17-15-26)28-18-20-30(21-19-28)34(2)3)35(33(37)29-10-6-5-7-11-29)31-12-8-9-25(23-31)13-22-32(36)38-4/h8-9,12-24,29H,5-7,10-11H2,1-4H3/b22-13+. The lowest BCUT2D eigenvalue weighted by Gasteiger charge is -2.34. The number of ether oxygens (including phenoxy) is 1. The third-order valence-corrected chi connectivity index (χ3v) is 7.45. The highest BCUT2D eigenvalue weighted by Crippen LogP contribution is 2.34. The van der Waals surface area contributed by atoms with Crippen LogP contribution >= 0.6 is 0 Å². The Hall–Kier alpha value is -3.86. The zero-order valence-corrected chi connectivity index (χ0v) is 22.9. The molecule has 0 aromatic heterocycles. The molecule has 1 amide bonds. The molecule has 0 aliphatic heterocycles. The molecule has 3 aromatic rings. The number of anilines is 2. The molecular weight excluding hydrogens is 472 g/mol. The zero-order chi connectivity index (χ0) is 27.1. The van der Waals surface area contributed by atoms with Crippen LogP contribution in [-0.2, 0) is 14.3 Å². The zero-order valence-electron chi connectivity index (χ0n) is 22.9. The van der Waals surface area contributed by atoms with Gasteiger partial charge < -0.3 is 14.5 Å². The minimum atomic E-state index is -0.407. The van der Waals surface area contributed by atoms with Crippen LogP contribution in [0.1, 0.15) is 56.2 Å². The van der Waals surface area contributed by atoms with E-state index in [1.54, 1.807) is 6.08 Å². The summed E-state index contributed by atoms with van der Waals surface area (Å²) < 4.78 is 4.73. The summed E-state index contributed by atoms with van der Waals surface area (Å²) in [4.78, 5) is 29.6. The Labute approximate surface area is 226 Å². The van der Waals surface area contributed by atoms with Crippen molar-refractivity contribution in [3.63, 3.8) is 0 Å². The van der Waals surface area contributed by atoms with Gasteiger partial charge in [-0.1, -0.05) is 67.8 Å². The highest BCUT2D eigenvalue weighted by atomic mass is 16.5. The van der Waals surface area contributed by atoms with Crippen LogP contribution in [0, 0.1) is 5.92 Å². The molecule has 1 aliphatic rings. The maximum atomic E-state index is 13.9. The molecule has 5 heteroatoms. The SMILES string of the molecule is COC(=O)/C=C/c1cccc(N(C(=O)C2CCCCC2)C(C)c2ccc(-c3ccc(N(C)C)cc3)cc2)c1. The number of benzene rings is 3. The number of rotatable bonds is 8. The Kier molecular flexibility index (Phi) is 9.01. The molecule has 0 spiro atoms. The first-order valence-corrected chi connectivity index (χ1v) is 13.4. The first-order valence-electron chi connectivity index (χ1n) is 13.4. The van der Waals surface area contributed by atoms with E-state index in [0.717, 1.165) is 53.6 Å². The molecule has 1 saturated carbocycles. The fraction of sp³-hybridized carbons (Fsp3) is 0.333. The third kappa shape index (κ3) is 6.52. The lowest BCUT2D eigenvalue weighted by molar-refractivity contribution is -0.134. The molecule has 0 saturated heterocycles.